The Morgan fingerprint density at radius 1 is 1.52 bits per heavy atom. The van der Waals surface area contributed by atoms with E-state index in [-0.39, 0.29) is 0 Å². The highest BCUT2D eigenvalue weighted by molar-refractivity contribution is 8.00. The van der Waals surface area contributed by atoms with Crippen molar-refractivity contribution in [2.75, 3.05) is 18.2 Å². The van der Waals surface area contributed by atoms with E-state index in [0.29, 0.717) is 22.7 Å². The molecule has 21 heavy (non-hydrogen) atoms. The average molecular weight is 319 g/mol. The molecule has 0 atom stereocenters. The van der Waals surface area contributed by atoms with Crippen molar-refractivity contribution in [1.29, 1.82) is 5.26 Å². The minimum atomic E-state index is -0.421. The summed E-state index contributed by atoms with van der Waals surface area (Å²) in [6.07, 6.45) is 5.15. The van der Waals surface area contributed by atoms with Crippen molar-refractivity contribution in [2.45, 2.75) is 11.1 Å². The first kappa shape index (κ1) is 15.4. The molecule has 0 saturated carbocycles. The molecule has 0 bridgehead atoms. The molecule has 0 unspecified atom stereocenters. The molecule has 0 aliphatic heterocycles. The van der Waals surface area contributed by atoms with Crippen LogP contribution in [0.3, 0.4) is 0 Å². The van der Waals surface area contributed by atoms with Crippen LogP contribution in [0.5, 0.6) is 0 Å². The van der Waals surface area contributed by atoms with Crippen molar-refractivity contribution in [2.24, 2.45) is 0 Å². The van der Waals surface area contributed by atoms with Crippen LogP contribution in [0.25, 0.3) is 0 Å². The van der Waals surface area contributed by atoms with Gasteiger partial charge in [0.1, 0.15) is 16.5 Å². The average Bonchev–Trinajstić information content (AvgIpc) is 2.86. The minimum absolute atomic E-state index is 0.294. The third-order valence-electron chi connectivity index (χ3n) is 2.58. The quantitative estimate of drug-likeness (QED) is 0.669. The lowest BCUT2D eigenvalue weighted by molar-refractivity contribution is 0.0533. The van der Waals surface area contributed by atoms with Gasteiger partial charge in [-0.25, -0.2) is 4.79 Å². The number of hydrogen-bond acceptors (Lipinski definition) is 7. The summed E-state index contributed by atoms with van der Waals surface area (Å²) in [7, 11) is 0. The zero-order chi connectivity index (χ0) is 15.2. The number of thioether (sulfide) groups is 1. The molecule has 2 rings (SSSR count). The Balaban J connectivity index is 2.48. The molecule has 0 aromatic carbocycles. The molecule has 0 amide bonds. The van der Waals surface area contributed by atoms with Gasteiger partial charge in [0.2, 0.25) is 0 Å². The van der Waals surface area contributed by atoms with Crippen molar-refractivity contribution < 1.29 is 9.53 Å². The highest BCUT2D eigenvalue weighted by Gasteiger charge is 2.23. The SMILES string of the molecule is CCOC(=O)c1sc(SC)c(C#N)c1Nc1ccncc1. The Hall–Kier alpha value is -2.04. The molecule has 1 N–H and O–H groups in total. The van der Waals surface area contributed by atoms with E-state index in [1.807, 2.05) is 6.26 Å². The van der Waals surface area contributed by atoms with E-state index in [9.17, 15) is 10.1 Å². The number of ether oxygens (including phenoxy) is 1. The first-order valence-electron chi connectivity index (χ1n) is 6.16. The van der Waals surface area contributed by atoms with Crippen LogP contribution in [0.1, 0.15) is 22.2 Å². The van der Waals surface area contributed by atoms with Crippen molar-refractivity contribution in [3.63, 3.8) is 0 Å². The Labute approximate surface area is 131 Å². The van der Waals surface area contributed by atoms with E-state index in [1.54, 1.807) is 31.5 Å². The zero-order valence-corrected chi connectivity index (χ0v) is 13.2. The van der Waals surface area contributed by atoms with Crippen LogP contribution in [0.15, 0.2) is 28.7 Å². The first-order valence-corrected chi connectivity index (χ1v) is 8.20. The van der Waals surface area contributed by atoms with Gasteiger partial charge >= 0.3 is 5.97 Å². The Kier molecular flexibility index (Phi) is 5.20. The molecule has 108 valence electrons. The smallest absolute Gasteiger partial charge is 0.350 e. The van der Waals surface area contributed by atoms with Gasteiger partial charge < -0.3 is 10.1 Å². The third-order valence-corrected chi connectivity index (χ3v) is 4.87. The molecule has 0 aliphatic rings. The number of carbonyl (C=O) groups excluding carboxylic acids is 1. The second-order valence-corrected chi connectivity index (χ2v) is 5.96. The molecule has 5 nitrogen and oxygen atoms in total. The van der Waals surface area contributed by atoms with Crippen LogP contribution in [0.2, 0.25) is 0 Å². The maximum atomic E-state index is 12.1. The van der Waals surface area contributed by atoms with Crippen molar-refractivity contribution in [3.05, 3.63) is 35.0 Å². The van der Waals surface area contributed by atoms with E-state index in [0.717, 1.165) is 9.90 Å². The highest BCUT2D eigenvalue weighted by atomic mass is 32.2. The van der Waals surface area contributed by atoms with Gasteiger partial charge in [0.05, 0.1) is 16.5 Å². The first-order chi connectivity index (χ1) is 10.2. The summed E-state index contributed by atoms with van der Waals surface area (Å²) in [4.78, 5) is 16.4. The summed E-state index contributed by atoms with van der Waals surface area (Å²) in [5.74, 6) is -0.421. The van der Waals surface area contributed by atoms with E-state index >= 15 is 0 Å². The summed E-state index contributed by atoms with van der Waals surface area (Å²) in [6.45, 7) is 2.05. The number of nitrogens with one attached hydrogen (secondary N) is 1. The lowest BCUT2D eigenvalue weighted by Gasteiger charge is -2.07. The maximum Gasteiger partial charge on any atom is 0.350 e. The van der Waals surface area contributed by atoms with Crippen LogP contribution in [0, 0.1) is 11.3 Å². The van der Waals surface area contributed by atoms with Gasteiger partial charge in [-0.3, -0.25) is 4.98 Å². The number of esters is 1. The van der Waals surface area contributed by atoms with Crippen LogP contribution >= 0.6 is 23.1 Å². The molecule has 7 heteroatoms. The van der Waals surface area contributed by atoms with Crippen molar-refractivity contribution in [1.82, 2.24) is 4.98 Å². The van der Waals surface area contributed by atoms with Crippen molar-refractivity contribution in [3.8, 4) is 6.07 Å². The number of carbonyl (C=O) groups is 1. The number of thiophene rings is 1. The zero-order valence-electron chi connectivity index (χ0n) is 11.5. The fourth-order valence-corrected chi connectivity index (χ4v) is 3.46. The molecule has 2 aromatic rings. The number of pyridine rings is 1. The molecule has 0 radical (unpaired) electrons. The second kappa shape index (κ2) is 7.11. The molecular weight excluding hydrogens is 306 g/mol. The summed E-state index contributed by atoms with van der Waals surface area (Å²) in [5.41, 5.74) is 1.72. The molecule has 2 aromatic heterocycles. The lowest BCUT2D eigenvalue weighted by atomic mass is 10.2. The predicted octanol–water partition coefficient (Wildman–Crippen LogP) is 3.66. The summed E-state index contributed by atoms with van der Waals surface area (Å²) >= 11 is 2.70. The third kappa shape index (κ3) is 3.35. The normalized spacial score (nSPS) is 9.95. The summed E-state index contributed by atoms with van der Waals surface area (Å²) < 4.78 is 5.85. The van der Waals surface area contributed by atoms with Gasteiger partial charge in [0.15, 0.2) is 0 Å². The maximum absolute atomic E-state index is 12.1. The number of rotatable bonds is 5. The molecule has 0 spiro atoms. The standard InChI is InChI=1S/C14H13N3O2S2/c1-3-19-13(18)12-11(10(8-15)14(20-2)21-12)17-9-4-6-16-7-5-9/h4-7H,3H2,1-2H3,(H,16,17). The Morgan fingerprint density at radius 3 is 2.81 bits per heavy atom. The van der Waals surface area contributed by atoms with Crippen LogP contribution < -0.4 is 5.32 Å². The van der Waals surface area contributed by atoms with Crippen LogP contribution in [0.4, 0.5) is 11.4 Å². The van der Waals surface area contributed by atoms with E-state index in [4.69, 9.17) is 4.74 Å². The predicted molar refractivity (Wildman–Crippen MR) is 84.3 cm³/mol. The van der Waals surface area contributed by atoms with Gasteiger partial charge in [-0.05, 0) is 25.3 Å². The summed E-state index contributed by atoms with van der Waals surface area (Å²) in [5, 5.41) is 12.5. The largest absolute Gasteiger partial charge is 0.462 e. The Bertz CT molecular complexity index is 678. The monoisotopic (exact) mass is 319 g/mol. The molecule has 0 saturated heterocycles. The number of aromatic nitrogens is 1. The van der Waals surface area contributed by atoms with E-state index in [1.165, 1.54) is 23.1 Å². The number of nitrogens with zero attached hydrogens (tertiary/aromatic N) is 2. The van der Waals surface area contributed by atoms with Gasteiger partial charge in [0, 0.05) is 18.1 Å². The Morgan fingerprint density at radius 2 is 2.24 bits per heavy atom. The van der Waals surface area contributed by atoms with Crippen molar-refractivity contribution >= 4 is 40.4 Å². The topological polar surface area (TPSA) is 75.0 Å². The molecule has 2 heterocycles. The molecule has 0 fully saturated rings. The van der Waals surface area contributed by atoms with Gasteiger partial charge in [-0.15, -0.1) is 23.1 Å². The van der Waals surface area contributed by atoms with E-state index < -0.39 is 5.97 Å². The van der Waals surface area contributed by atoms with Gasteiger partial charge in [-0.2, -0.15) is 5.26 Å². The van der Waals surface area contributed by atoms with Crippen LogP contribution in [-0.4, -0.2) is 23.8 Å². The number of nitriles is 1. The van der Waals surface area contributed by atoms with E-state index in [2.05, 4.69) is 16.4 Å². The minimum Gasteiger partial charge on any atom is -0.462 e. The highest BCUT2D eigenvalue weighted by Crippen LogP contribution is 2.40. The molecular formula is C14H13N3O2S2. The second-order valence-electron chi connectivity index (χ2n) is 3.87. The van der Waals surface area contributed by atoms with Gasteiger partial charge in [-0.1, -0.05) is 0 Å². The summed E-state index contributed by atoms with van der Waals surface area (Å²) in [6, 6.07) is 5.70. The van der Waals surface area contributed by atoms with Gasteiger partial charge in [0.25, 0.3) is 0 Å². The lowest BCUT2D eigenvalue weighted by Crippen LogP contribution is -2.05. The number of anilines is 2. The fourth-order valence-electron chi connectivity index (χ4n) is 1.69. The van der Waals surface area contributed by atoms with Crippen LogP contribution in [-0.2, 0) is 4.74 Å². The molecule has 0 aliphatic carbocycles. The number of hydrogen-bond donors (Lipinski definition) is 1. The fraction of sp³-hybridized carbons (Fsp3) is 0.214.